The molecule has 1 N–H and O–H groups in total. The molecule has 106 valence electrons. The van der Waals surface area contributed by atoms with Gasteiger partial charge in [0.1, 0.15) is 5.82 Å². The van der Waals surface area contributed by atoms with Crippen LogP contribution in [0.2, 0.25) is 0 Å². The summed E-state index contributed by atoms with van der Waals surface area (Å²) in [5, 5.41) is 3.27. The van der Waals surface area contributed by atoms with Gasteiger partial charge in [-0.3, -0.25) is 0 Å². The minimum absolute atomic E-state index is 0.676. The van der Waals surface area contributed by atoms with Gasteiger partial charge >= 0.3 is 0 Å². The molecule has 0 saturated heterocycles. The maximum absolute atomic E-state index is 4.55. The van der Waals surface area contributed by atoms with Crippen molar-refractivity contribution >= 4 is 11.8 Å². The number of aromatic nitrogens is 2. The van der Waals surface area contributed by atoms with E-state index in [2.05, 4.69) is 65.2 Å². The van der Waals surface area contributed by atoms with E-state index in [0.717, 1.165) is 25.5 Å². The van der Waals surface area contributed by atoms with E-state index in [0.29, 0.717) is 5.95 Å². The van der Waals surface area contributed by atoms with Crippen LogP contribution in [0.25, 0.3) is 0 Å². The lowest BCUT2D eigenvalue weighted by Crippen LogP contribution is -2.23. The van der Waals surface area contributed by atoms with E-state index in [1.54, 1.807) is 6.20 Å². The van der Waals surface area contributed by atoms with Crippen molar-refractivity contribution in [1.29, 1.82) is 0 Å². The van der Waals surface area contributed by atoms with Crippen LogP contribution in [-0.2, 0) is 6.54 Å². The number of anilines is 2. The average molecular weight is 270 g/mol. The summed E-state index contributed by atoms with van der Waals surface area (Å²) in [5.41, 5.74) is 2.50. The Bertz CT molecular complexity index is 532. The summed E-state index contributed by atoms with van der Waals surface area (Å²) < 4.78 is 0. The Hall–Kier alpha value is -2.10. The Morgan fingerprint density at radius 2 is 1.75 bits per heavy atom. The third kappa shape index (κ3) is 3.70. The van der Waals surface area contributed by atoms with Crippen LogP contribution in [-0.4, -0.2) is 23.1 Å². The molecular formula is C16H22N4. The summed E-state index contributed by atoms with van der Waals surface area (Å²) >= 11 is 0. The van der Waals surface area contributed by atoms with E-state index in [1.807, 2.05) is 6.07 Å². The molecule has 0 bridgehead atoms. The molecule has 0 aliphatic carbocycles. The van der Waals surface area contributed by atoms with Gasteiger partial charge in [0.25, 0.3) is 0 Å². The predicted molar refractivity (Wildman–Crippen MR) is 84.1 cm³/mol. The largest absolute Gasteiger partial charge is 0.357 e. The highest BCUT2D eigenvalue weighted by Crippen LogP contribution is 2.12. The highest BCUT2D eigenvalue weighted by molar-refractivity contribution is 5.42. The zero-order chi connectivity index (χ0) is 14.4. The lowest BCUT2D eigenvalue weighted by molar-refractivity contribution is 0.841. The van der Waals surface area contributed by atoms with E-state index >= 15 is 0 Å². The fraction of sp³-hybridized carbons (Fsp3) is 0.375. The van der Waals surface area contributed by atoms with Gasteiger partial charge in [0.2, 0.25) is 5.95 Å². The SMILES string of the molecule is CCN(CC)c1ccnc(NCc2ccc(C)cc2)n1. The van der Waals surface area contributed by atoms with Gasteiger partial charge in [-0.05, 0) is 32.4 Å². The average Bonchev–Trinajstić information content (AvgIpc) is 2.48. The Balaban J connectivity index is 2.02. The molecule has 1 aromatic carbocycles. The zero-order valence-electron chi connectivity index (χ0n) is 12.4. The zero-order valence-corrected chi connectivity index (χ0v) is 12.4. The maximum atomic E-state index is 4.55. The first-order valence-electron chi connectivity index (χ1n) is 7.10. The van der Waals surface area contributed by atoms with Gasteiger partial charge in [0.15, 0.2) is 0 Å². The van der Waals surface area contributed by atoms with Crippen LogP contribution in [0.3, 0.4) is 0 Å². The molecular weight excluding hydrogens is 248 g/mol. The second-order valence-electron chi connectivity index (χ2n) is 4.75. The Morgan fingerprint density at radius 1 is 1.05 bits per heavy atom. The summed E-state index contributed by atoms with van der Waals surface area (Å²) in [6.45, 7) is 8.99. The van der Waals surface area contributed by atoms with Crippen molar-refractivity contribution in [3.05, 3.63) is 47.7 Å². The van der Waals surface area contributed by atoms with Gasteiger partial charge < -0.3 is 10.2 Å². The number of hydrogen-bond acceptors (Lipinski definition) is 4. The first kappa shape index (κ1) is 14.3. The fourth-order valence-corrected chi connectivity index (χ4v) is 2.05. The van der Waals surface area contributed by atoms with Crippen LogP contribution in [0.15, 0.2) is 36.5 Å². The standard InChI is InChI=1S/C16H22N4/c1-4-20(5-2)15-10-11-17-16(19-15)18-12-14-8-6-13(3)7-9-14/h6-11H,4-5,12H2,1-3H3,(H,17,18,19). The quantitative estimate of drug-likeness (QED) is 0.875. The number of hydrogen-bond donors (Lipinski definition) is 1. The molecule has 2 aromatic rings. The van der Waals surface area contributed by atoms with Gasteiger partial charge in [-0.2, -0.15) is 4.98 Å². The molecule has 1 aromatic heterocycles. The van der Waals surface area contributed by atoms with Crippen molar-refractivity contribution in [3.8, 4) is 0 Å². The highest BCUT2D eigenvalue weighted by atomic mass is 15.2. The normalized spacial score (nSPS) is 10.3. The first-order chi connectivity index (χ1) is 9.72. The molecule has 0 saturated carbocycles. The molecule has 4 heteroatoms. The van der Waals surface area contributed by atoms with Crippen LogP contribution in [0.4, 0.5) is 11.8 Å². The van der Waals surface area contributed by atoms with E-state index in [4.69, 9.17) is 0 Å². The number of nitrogens with one attached hydrogen (secondary N) is 1. The molecule has 2 rings (SSSR count). The Labute approximate surface area is 120 Å². The second kappa shape index (κ2) is 6.89. The number of rotatable bonds is 6. The summed E-state index contributed by atoms with van der Waals surface area (Å²) in [7, 11) is 0. The molecule has 0 atom stereocenters. The van der Waals surface area contributed by atoms with E-state index in [-0.39, 0.29) is 0 Å². The number of aryl methyl sites for hydroxylation is 1. The molecule has 4 nitrogen and oxygen atoms in total. The second-order valence-corrected chi connectivity index (χ2v) is 4.75. The Kier molecular flexibility index (Phi) is 4.93. The predicted octanol–water partition coefficient (Wildman–Crippen LogP) is 3.24. The van der Waals surface area contributed by atoms with Crippen LogP contribution < -0.4 is 10.2 Å². The van der Waals surface area contributed by atoms with Crippen molar-refractivity contribution in [1.82, 2.24) is 9.97 Å². The molecule has 0 unspecified atom stereocenters. The first-order valence-corrected chi connectivity index (χ1v) is 7.10. The van der Waals surface area contributed by atoms with Crippen molar-refractivity contribution in [2.75, 3.05) is 23.3 Å². The van der Waals surface area contributed by atoms with Crippen molar-refractivity contribution in [2.24, 2.45) is 0 Å². The van der Waals surface area contributed by atoms with Crippen molar-refractivity contribution in [2.45, 2.75) is 27.3 Å². The lowest BCUT2D eigenvalue weighted by atomic mass is 10.1. The third-order valence-corrected chi connectivity index (χ3v) is 3.30. The van der Waals surface area contributed by atoms with Gasteiger partial charge in [-0.1, -0.05) is 29.8 Å². The minimum atomic E-state index is 0.676. The monoisotopic (exact) mass is 270 g/mol. The fourth-order valence-electron chi connectivity index (χ4n) is 2.05. The van der Waals surface area contributed by atoms with Gasteiger partial charge in [0.05, 0.1) is 0 Å². The van der Waals surface area contributed by atoms with Crippen LogP contribution in [0.1, 0.15) is 25.0 Å². The minimum Gasteiger partial charge on any atom is -0.357 e. The molecule has 0 fully saturated rings. The Morgan fingerprint density at radius 3 is 2.40 bits per heavy atom. The van der Waals surface area contributed by atoms with E-state index in [9.17, 15) is 0 Å². The summed E-state index contributed by atoms with van der Waals surface area (Å²) in [4.78, 5) is 11.0. The van der Waals surface area contributed by atoms with Gasteiger partial charge in [-0.15, -0.1) is 0 Å². The van der Waals surface area contributed by atoms with Gasteiger partial charge in [0, 0.05) is 25.8 Å². The summed E-state index contributed by atoms with van der Waals surface area (Å²) in [6, 6.07) is 10.4. The third-order valence-electron chi connectivity index (χ3n) is 3.30. The smallest absolute Gasteiger partial charge is 0.224 e. The van der Waals surface area contributed by atoms with Gasteiger partial charge in [-0.25, -0.2) is 4.98 Å². The van der Waals surface area contributed by atoms with Crippen molar-refractivity contribution < 1.29 is 0 Å². The topological polar surface area (TPSA) is 41.1 Å². The molecule has 20 heavy (non-hydrogen) atoms. The van der Waals surface area contributed by atoms with Crippen LogP contribution in [0.5, 0.6) is 0 Å². The lowest BCUT2D eigenvalue weighted by Gasteiger charge is -2.19. The molecule has 0 radical (unpaired) electrons. The number of nitrogens with zero attached hydrogens (tertiary/aromatic N) is 3. The summed E-state index contributed by atoms with van der Waals surface area (Å²) in [5.74, 6) is 1.64. The molecule has 1 heterocycles. The molecule has 0 spiro atoms. The summed E-state index contributed by atoms with van der Waals surface area (Å²) in [6.07, 6.45) is 1.80. The van der Waals surface area contributed by atoms with E-state index < -0.39 is 0 Å². The van der Waals surface area contributed by atoms with E-state index in [1.165, 1.54) is 11.1 Å². The molecule has 0 aliphatic rings. The molecule has 0 amide bonds. The van der Waals surface area contributed by atoms with Crippen molar-refractivity contribution in [3.63, 3.8) is 0 Å². The van der Waals surface area contributed by atoms with Crippen LogP contribution >= 0.6 is 0 Å². The molecule has 0 aliphatic heterocycles. The number of benzene rings is 1. The van der Waals surface area contributed by atoms with Crippen LogP contribution in [0, 0.1) is 6.92 Å². The maximum Gasteiger partial charge on any atom is 0.224 e. The highest BCUT2D eigenvalue weighted by Gasteiger charge is 2.04.